The van der Waals surface area contributed by atoms with Gasteiger partial charge in [0.25, 0.3) is 0 Å². The fraction of sp³-hybridized carbons (Fsp3) is 0.895. The summed E-state index contributed by atoms with van der Waals surface area (Å²) in [4.78, 5) is 26.0. The smallest absolute Gasteiger partial charge is 0.410 e. The fourth-order valence-corrected chi connectivity index (χ4v) is 4.21. The molecule has 0 aromatic heterocycles. The van der Waals surface area contributed by atoms with E-state index in [1.807, 2.05) is 20.8 Å². The summed E-state index contributed by atoms with van der Waals surface area (Å²) < 4.78 is 12.0. The highest BCUT2D eigenvalue weighted by Gasteiger charge is 2.45. The maximum Gasteiger partial charge on any atom is 0.410 e. The lowest BCUT2D eigenvalue weighted by Gasteiger charge is -2.38. The molecule has 0 aromatic carbocycles. The van der Waals surface area contributed by atoms with Crippen LogP contribution >= 0.6 is 0 Å². The van der Waals surface area contributed by atoms with Gasteiger partial charge in [-0.05, 0) is 45.3 Å². The molecule has 0 saturated carbocycles. The van der Waals surface area contributed by atoms with Crippen molar-refractivity contribution in [2.45, 2.75) is 96.4 Å². The number of nitrogens with zero attached hydrogens (tertiary/aromatic N) is 1. The Morgan fingerprint density at radius 1 is 1.22 bits per heavy atom. The quantitative estimate of drug-likeness (QED) is 0.690. The van der Waals surface area contributed by atoms with E-state index in [9.17, 15) is 14.7 Å². The van der Waals surface area contributed by atoms with E-state index < -0.39 is 32.0 Å². The van der Waals surface area contributed by atoms with Gasteiger partial charge in [0.2, 0.25) is 5.91 Å². The van der Waals surface area contributed by atoms with Gasteiger partial charge in [0.1, 0.15) is 11.7 Å². The summed E-state index contributed by atoms with van der Waals surface area (Å²) in [5.74, 6) is -0.451. The van der Waals surface area contributed by atoms with Gasteiger partial charge in [-0.2, -0.15) is 0 Å². The van der Waals surface area contributed by atoms with Crippen molar-refractivity contribution in [3.8, 4) is 0 Å². The van der Waals surface area contributed by atoms with Crippen molar-refractivity contribution >= 4 is 20.3 Å². The summed E-state index contributed by atoms with van der Waals surface area (Å²) in [6, 6.07) is -0.304. The van der Waals surface area contributed by atoms with E-state index in [1.54, 1.807) is 4.90 Å². The first-order valence-electron chi connectivity index (χ1n) is 9.64. The van der Waals surface area contributed by atoms with Crippen molar-refractivity contribution < 1.29 is 23.9 Å². The molecule has 0 aliphatic carbocycles. The second-order valence-corrected chi connectivity index (χ2v) is 14.6. The van der Waals surface area contributed by atoms with Crippen LogP contribution < -0.4 is 5.32 Å². The Balaban J connectivity index is 2.95. The van der Waals surface area contributed by atoms with Crippen LogP contribution in [0.5, 0.6) is 0 Å². The first-order chi connectivity index (χ1) is 12.1. The van der Waals surface area contributed by atoms with Crippen LogP contribution in [0.4, 0.5) is 4.79 Å². The average molecular weight is 403 g/mol. The molecular formula is C19H38N2O5Si. The molecule has 158 valence electrons. The summed E-state index contributed by atoms with van der Waals surface area (Å²) in [5, 5.41) is 12.6. The maximum atomic E-state index is 12.7. The summed E-state index contributed by atoms with van der Waals surface area (Å²) in [7, 11) is -0.519. The Bertz CT molecular complexity index is 539. The van der Waals surface area contributed by atoms with E-state index in [0.29, 0.717) is 13.0 Å². The normalized spacial score (nSPS) is 22.5. The molecule has 1 unspecified atom stereocenters. The van der Waals surface area contributed by atoms with Crippen LogP contribution in [0.15, 0.2) is 0 Å². The van der Waals surface area contributed by atoms with Gasteiger partial charge in [-0.1, -0.05) is 20.8 Å². The Morgan fingerprint density at radius 2 is 1.78 bits per heavy atom. The van der Waals surface area contributed by atoms with Crippen molar-refractivity contribution in [2.75, 3.05) is 13.6 Å². The third kappa shape index (κ3) is 6.76. The van der Waals surface area contributed by atoms with E-state index in [-0.39, 0.29) is 23.6 Å². The van der Waals surface area contributed by atoms with Gasteiger partial charge < -0.3 is 24.5 Å². The number of likely N-dealkylation sites (tertiary alicyclic amines) is 1. The Morgan fingerprint density at radius 3 is 2.22 bits per heavy atom. The van der Waals surface area contributed by atoms with Crippen LogP contribution in [0.1, 0.15) is 54.4 Å². The number of carbonyl (C=O) groups excluding carboxylic acids is 2. The molecule has 1 fully saturated rings. The zero-order valence-electron chi connectivity index (χ0n) is 18.4. The van der Waals surface area contributed by atoms with Gasteiger partial charge in [0.05, 0.1) is 6.10 Å². The van der Waals surface area contributed by atoms with Crippen molar-refractivity contribution in [2.24, 2.45) is 0 Å². The van der Waals surface area contributed by atoms with Crippen molar-refractivity contribution in [3.05, 3.63) is 0 Å². The predicted molar refractivity (Wildman–Crippen MR) is 108 cm³/mol. The summed E-state index contributed by atoms with van der Waals surface area (Å²) in [5.41, 5.74) is -0.612. The number of nitrogens with one attached hydrogen (secondary N) is 1. The fourth-order valence-electron chi connectivity index (χ4n) is 2.85. The van der Waals surface area contributed by atoms with E-state index in [0.717, 1.165) is 0 Å². The number of ether oxygens (including phenoxy) is 1. The molecule has 2 N–H and O–H groups in total. The van der Waals surface area contributed by atoms with Gasteiger partial charge in [-0.15, -0.1) is 0 Å². The van der Waals surface area contributed by atoms with E-state index in [4.69, 9.17) is 9.16 Å². The monoisotopic (exact) mass is 402 g/mol. The first-order valence-corrected chi connectivity index (χ1v) is 12.6. The Labute approximate surface area is 164 Å². The zero-order chi connectivity index (χ0) is 21.2. The number of amides is 2. The van der Waals surface area contributed by atoms with Gasteiger partial charge in [-0.3, -0.25) is 4.79 Å². The number of aliphatic hydroxyl groups excluding tert-OH is 1. The Kier molecular flexibility index (Phi) is 7.52. The topological polar surface area (TPSA) is 88.1 Å². The number of carbonyl (C=O) groups is 2. The summed E-state index contributed by atoms with van der Waals surface area (Å²) in [6.07, 6.45) is -0.981. The molecular weight excluding hydrogens is 364 g/mol. The molecule has 1 rings (SSSR count). The lowest BCUT2D eigenvalue weighted by molar-refractivity contribution is -0.129. The van der Waals surface area contributed by atoms with E-state index >= 15 is 0 Å². The molecule has 7 nitrogen and oxygen atoms in total. The molecule has 0 bridgehead atoms. The summed E-state index contributed by atoms with van der Waals surface area (Å²) >= 11 is 0. The van der Waals surface area contributed by atoms with Crippen molar-refractivity contribution in [1.82, 2.24) is 10.2 Å². The largest absolute Gasteiger partial charge is 0.444 e. The third-order valence-electron chi connectivity index (χ3n) is 5.32. The minimum atomic E-state index is -2.00. The summed E-state index contributed by atoms with van der Waals surface area (Å²) in [6.45, 7) is 16.7. The lowest BCUT2D eigenvalue weighted by atomic mass is 10.1. The molecule has 1 aliphatic rings. The van der Waals surface area contributed by atoms with E-state index in [2.05, 4.69) is 39.2 Å². The number of rotatable bonds is 5. The molecule has 8 heteroatoms. The van der Waals surface area contributed by atoms with Gasteiger partial charge >= 0.3 is 6.09 Å². The Hall–Kier alpha value is -1.12. The number of aliphatic hydroxyl groups is 1. The molecule has 1 aliphatic heterocycles. The van der Waals surface area contributed by atoms with Gasteiger partial charge in [-0.25, -0.2) is 4.79 Å². The SMILES string of the molecule is CNC(=O)C(O)C[C@H]1C[C@@H](O[Si](C)(C)C(C)(C)C)CN1C(=O)OC(C)(C)C. The molecule has 27 heavy (non-hydrogen) atoms. The van der Waals surface area contributed by atoms with Crippen LogP contribution in [0.25, 0.3) is 0 Å². The minimum Gasteiger partial charge on any atom is -0.444 e. The minimum absolute atomic E-state index is 0.0590. The van der Waals surface area contributed by atoms with Crippen molar-refractivity contribution in [3.63, 3.8) is 0 Å². The second-order valence-electron chi connectivity index (χ2n) is 9.89. The van der Waals surface area contributed by atoms with Crippen LogP contribution in [-0.2, 0) is 14.0 Å². The standard InChI is InChI=1S/C19H38N2O5Si/c1-18(2,3)25-17(24)21-12-14(26-27(8,9)19(4,5)6)10-13(21)11-15(22)16(23)20-7/h13-15,22H,10-12H2,1-9H3,(H,20,23)/t13-,14-,15?/m1/s1. The number of likely N-dealkylation sites (N-methyl/N-ethyl adjacent to an activating group) is 1. The van der Waals surface area contributed by atoms with Crippen LogP contribution in [0.2, 0.25) is 18.1 Å². The molecule has 0 aromatic rings. The van der Waals surface area contributed by atoms with E-state index in [1.165, 1.54) is 7.05 Å². The maximum absolute atomic E-state index is 12.7. The molecule has 0 radical (unpaired) electrons. The molecule has 1 saturated heterocycles. The first kappa shape index (κ1) is 23.9. The highest BCUT2D eigenvalue weighted by Crippen LogP contribution is 2.39. The highest BCUT2D eigenvalue weighted by atomic mass is 28.4. The average Bonchev–Trinajstić information content (AvgIpc) is 2.85. The lowest BCUT2D eigenvalue weighted by Crippen LogP contribution is -2.45. The van der Waals surface area contributed by atoms with Crippen LogP contribution in [0.3, 0.4) is 0 Å². The molecule has 2 amide bonds. The number of hydrogen-bond donors (Lipinski definition) is 2. The van der Waals surface area contributed by atoms with Crippen molar-refractivity contribution in [1.29, 1.82) is 0 Å². The molecule has 0 spiro atoms. The molecule has 1 heterocycles. The highest BCUT2D eigenvalue weighted by molar-refractivity contribution is 6.74. The third-order valence-corrected chi connectivity index (χ3v) is 9.85. The number of hydrogen-bond acceptors (Lipinski definition) is 5. The zero-order valence-corrected chi connectivity index (χ0v) is 19.4. The predicted octanol–water partition coefficient (Wildman–Crippen LogP) is 2.88. The van der Waals surface area contributed by atoms with Gasteiger partial charge in [0.15, 0.2) is 8.32 Å². The van der Waals surface area contributed by atoms with Crippen LogP contribution in [-0.4, -0.2) is 67.8 Å². The molecule has 3 atom stereocenters. The van der Waals surface area contributed by atoms with Crippen LogP contribution in [0, 0.1) is 0 Å². The second kappa shape index (κ2) is 8.49. The van der Waals surface area contributed by atoms with Gasteiger partial charge in [0, 0.05) is 26.1 Å².